The molecule has 2 fully saturated rings. The van der Waals surface area contributed by atoms with Gasteiger partial charge in [0.05, 0.1) is 25.4 Å². The van der Waals surface area contributed by atoms with Gasteiger partial charge in [-0.05, 0) is 23.7 Å². The van der Waals surface area contributed by atoms with Crippen molar-refractivity contribution in [2.75, 3.05) is 26.3 Å². The van der Waals surface area contributed by atoms with Gasteiger partial charge in [0.25, 0.3) is 5.91 Å². The van der Waals surface area contributed by atoms with E-state index in [0.29, 0.717) is 26.3 Å². The molecule has 1 aromatic heterocycles. The van der Waals surface area contributed by atoms with Gasteiger partial charge in [0.15, 0.2) is 11.0 Å². The van der Waals surface area contributed by atoms with Gasteiger partial charge < -0.3 is 18.8 Å². The van der Waals surface area contributed by atoms with Crippen molar-refractivity contribution in [2.45, 2.75) is 12.2 Å². The number of morpholine rings is 1. The van der Waals surface area contributed by atoms with Gasteiger partial charge in [0.2, 0.25) is 0 Å². The van der Waals surface area contributed by atoms with E-state index in [-0.39, 0.29) is 29.1 Å². The first-order chi connectivity index (χ1) is 8.22. The quantitative estimate of drug-likeness (QED) is 0.758. The van der Waals surface area contributed by atoms with Crippen LogP contribution in [0.3, 0.4) is 0 Å². The highest BCUT2D eigenvalue weighted by Crippen LogP contribution is 2.20. The van der Waals surface area contributed by atoms with Crippen LogP contribution in [0.2, 0.25) is 5.22 Å². The summed E-state index contributed by atoms with van der Waals surface area (Å²) in [6, 6.07) is 3.16. The Kier molecular flexibility index (Phi) is 2.82. The molecule has 1 amide bonds. The molecule has 0 saturated carbocycles. The second-order valence-electron chi connectivity index (χ2n) is 4.23. The highest BCUT2D eigenvalue weighted by atomic mass is 35.5. The average molecular weight is 258 g/mol. The number of rotatable bonds is 1. The molecule has 0 aromatic carbocycles. The lowest BCUT2D eigenvalue weighted by Gasteiger charge is -2.40. The molecular weight excluding hydrogens is 246 g/mol. The van der Waals surface area contributed by atoms with E-state index in [4.69, 9.17) is 25.5 Å². The van der Waals surface area contributed by atoms with Gasteiger partial charge in [0, 0.05) is 13.1 Å². The Bertz CT molecular complexity index is 421. The Balaban J connectivity index is 1.74. The molecule has 17 heavy (non-hydrogen) atoms. The fraction of sp³-hybridized carbons (Fsp3) is 0.545. The maximum Gasteiger partial charge on any atom is 0.289 e. The Labute approximate surface area is 103 Å². The van der Waals surface area contributed by atoms with Gasteiger partial charge in [0.1, 0.15) is 0 Å². The van der Waals surface area contributed by atoms with Crippen molar-refractivity contribution in [3.63, 3.8) is 0 Å². The van der Waals surface area contributed by atoms with Crippen molar-refractivity contribution >= 4 is 17.5 Å². The topological polar surface area (TPSA) is 51.9 Å². The van der Waals surface area contributed by atoms with Crippen LogP contribution in [0.4, 0.5) is 0 Å². The summed E-state index contributed by atoms with van der Waals surface area (Å²) in [6.07, 6.45) is -0.0613. The van der Waals surface area contributed by atoms with Gasteiger partial charge in [-0.2, -0.15) is 0 Å². The van der Waals surface area contributed by atoms with Gasteiger partial charge in [-0.3, -0.25) is 4.79 Å². The smallest absolute Gasteiger partial charge is 0.289 e. The Morgan fingerprint density at radius 3 is 2.59 bits per heavy atom. The number of hydrogen-bond acceptors (Lipinski definition) is 4. The molecule has 3 heterocycles. The minimum atomic E-state index is -0.142. The number of halogens is 1. The van der Waals surface area contributed by atoms with Crippen LogP contribution in [-0.4, -0.2) is 49.3 Å². The van der Waals surface area contributed by atoms with Gasteiger partial charge in [-0.1, -0.05) is 0 Å². The number of fused-ring (bicyclic) bond motifs is 2. The SMILES string of the molecule is O=C(c1ccc(Cl)o1)N1CC2COCC(C1)O2. The molecule has 3 rings (SSSR count). The first-order valence-corrected chi connectivity index (χ1v) is 5.88. The summed E-state index contributed by atoms with van der Waals surface area (Å²) in [7, 11) is 0. The zero-order valence-electron chi connectivity index (χ0n) is 9.10. The normalized spacial score (nSPS) is 28.2. The zero-order chi connectivity index (χ0) is 11.8. The molecule has 5 nitrogen and oxygen atoms in total. The van der Waals surface area contributed by atoms with Crippen LogP contribution in [0.1, 0.15) is 10.6 Å². The van der Waals surface area contributed by atoms with Crippen LogP contribution in [0.5, 0.6) is 0 Å². The fourth-order valence-electron chi connectivity index (χ4n) is 2.19. The van der Waals surface area contributed by atoms with Crippen molar-refractivity contribution < 1.29 is 18.7 Å². The molecule has 2 aliphatic heterocycles. The number of carbonyl (C=O) groups excluding carboxylic acids is 1. The molecule has 6 heteroatoms. The monoisotopic (exact) mass is 257 g/mol. The first kappa shape index (κ1) is 11.1. The molecule has 0 N–H and O–H groups in total. The Hall–Kier alpha value is -1.04. The van der Waals surface area contributed by atoms with Crippen LogP contribution >= 0.6 is 11.6 Å². The van der Waals surface area contributed by atoms with Crippen molar-refractivity contribution in [1.29, 1.82) is 0 Å². The Morgan fingerprint density at radius 1 is 1.29 bits per heavy atom. The number of nitrogens with zero attached hydrogens (tertiary/aromatic N) is 1. The van der Waals surface area contributed by atoms with Crippen molar-refractivity contribution in [2.24, 2.45) is 0 Å². The third kappa shape index (κ3) is 2.18. The molecular formula is C11H12ClNO4. The number of amides is 1. The van der Waals surface area contributed by atoms with Crippen LogP contribution in [0.25, 0.3) is 0 Å². The van der Waals surface area contributed by atoms with E-state index < -0.39 is 0 Å². The van der Waals surface area contributed by atoms with E-state index in [9.17, 15) is 4.79 Å². The molecule has 92 valence electrons. The number of furan rings is 1. The minimum absolute atomic E-state index is 0.0307. The van der Waals surface area contributed by atoms with Gasteiger partial charge >= 0.3 is 0 Å². The Morgan fingerprint density at radius 2 is 2.00 bits per heavy atom. The van der Waals surface area contributed by atoms with Crippen LogP contribution in [-0.2, 0) is 9.47 Å². The van der Waals surface area contributed by atoms with Crippen molar-refractivity contribution in [3.05, 3.63) is 23.1 Å². The van der Waals surface area contributed by atoms with E-state index >= 15 is 0 Å². The summed E-state index contributed by atoms with van der Waals surface area (Å²) in [6.45, 7) is 2.15. The molecule has 2 bridgehead atoms. The largest absolute Gasteiger partial charge is 0.440 e. The standard InChI is InChI=1S/C11H12ClNO4/c12-10-2-1-9(17-10)11(14)13-3-7-5-15-6-8(4-13)16-7/h1-2,7-8H,3-6H2. The molecule has 0 radical (unpaired) electrons. The predicted octanol–water partition coefficient (Wildman–Crippen LogP) is 1.17. The van der Waals surface area contributed by atoms with E-state index in [2.05, 4.69) is 0 Å². The maximum atomic E-state index is 12.1. The predicted molar refractivity (Wildman–Crippen MR) is 59.1 cm³/mol. The second-order valence-corrected chi connectivity index (χ2v) is 4.60. The highest BCUT2D eigenvalue weighted by molar-refractivity contribution is 6.29. The summed E-state index contributed by atoms with van der Waals surface area (Å²) in [5.41, 5.74) is 0. The molecule has 2 aliphatic rings. The lowest BCUT2D eigenvalue weighted by molar-refractivity contribution is -0.172. The summed E-state index contributed by atoms with van der Waals surface area (Å²) in [5.74, 6) is 0.132. The number of carbonyl (C=O) groups is 1. The molecule has 2 unspecified atom stereocenters. The average Bonchev–Trinajstić information content (AvgIpc) is 2.74. The lowest BCUT2D eigenvalue weighted by atomic mass is 10.2. The first-order valence-electron chi connectivity index (χ1n) is 5.50. The molecule has 0 spiro atoms. The summed E-state index contributed by atoms with van der Waals surface area (Å²) in [5, 5.41) is 0.227. The zero-order valence-corrected chi connectivity index (χ0v) is 9.85. The third-order valence-corrected chi connectivity index (χ3v) is 3.11. The van der Waals surface area contributed by atoms with Crippen molar-refractivity contribution in [3.8, 4) is 0 Å². The summed E-state index contributed by atoms with van der Waals surface area (Å²) < 4.78 is 16.2. The van der Waals surface area contributed by atoms with E-state index in [1.807, 2.05) is 0 Å². The van der Waals surface area contributed by atoms with E-state index in [1.54, 1.807) is 17.0 Å². The summed E-state index contributed by atoms with van der Waals surface area (Å²) >= 11 is 5.66. The number of hydrogen-bond donors (Lipinski definition) is 0. The maximum absolute atomic E-state index is 12.1. The van der Waals surface area contributed by atoms with Gasteiger partial charge in [-0.15, -0.1) is 0 Å². The van der Waals surface area contributed by atoms with Gasteiger partial charge in [-0.25, -0.2) is 0 Å². The van der Waals surface area contributed by atoms with Crippen LogP contribution < -0.4 is 0 Å². The lowest BCUT2D eigenvalue weighted by Crippen LogP contribution is -2.55. The minimum Gasteiger partial charge on any atom is -0.440 e. The molecule has 1 aromatic rings. The molecule has 2 atom stereocenters. The van der Waals surface area contributed by atoms with Crippen LogP contribution in [0, 0.1) is 0 Å². The number of ether oxygens (including phenoxy) is 2. The van der Waals surface area contributed by atoms with Crippen LogP contribution in [0.15, 0.2) is 16.5 Å². The molecule has 2 saturated heterocycles. The van der Waals surface area contributed by atoms with E-state index in [0.717, 1.165) is 0 Å². The van der Waals surface area contributed by atoms with E-state index in [1.165, 1.54) is 0 Å². The highest BCUT2D eigenvalue weighted by Gasteiger charge is 2.35. The second kappa shape index (κ2) is 4.33. The van der Waals surface area contributed by atoms with Crippen molar-refractivity contribution in [1.82, 2.24) is 4.90 Å². The molecule has 0 aliphatic carbocycles. The third-order valence-electron chi connectivity index (χ3n) is 2.91. The summed E-state index contributed by atoms with van der Waals surface area (Å²) in [4.78, 5) is 13.9. The fourth-order valence-corrected chi connectivity index (χ4v) is 2.34.